The minimum atomic E-state index is -0.817. The number of amides is 1. The maximum Gasteiger partial charge on any atom is 0.255 e. The van der Waals surface area contributed by atoms with Gasteiger partial charge in [0.2, 0.25) is 0 Å². The lowest BCUT2D eigenvalue weighted by Crippen LogP contribution is -2.13. The molecule has 0 spiro atoms. The Bertz CT molecular complexity index is 842. The lowest BCUT2D eigenvalue weighted by molar-refractivity contribution is 0.102. The molecule has 3 rings (SSSR count). The van der Waals surface area contributed by atoms with Crippen LogP contribution in [0.25, 0.3) is 11.0 Å². The van der Waals surface area contributed by atoms with Crippen LogP contribution >= 0.6 is 0 Å². The second kappa shape index (κ2) is 4.97. The van der Waals surface area contributed by atoms with Crippen LogP contribution in [0.15, 0.2) is 42.7 Å². The Morgan fingerprint density at radius 2 is 2.00 bits per heavy atom. The van der Waals surface area contributed by atoms with Crippen molar-refractivity contribution in [3.05, 3.63) is 59.9 Å². The first-order valence-electron chi connectivity index (χ1n) is 6.22. The molecular formula is C15H11F2N3O. The number of imidazole rings is 1. The predicted octanol–water partition coefficient (Wildman–Crippen LogP) is 3.10. The predicted molar refractivity (Wildman–Crippen MR) is 75.0 cm³/mol. The quantitative estimate of drug-likeness (QED) is 0.787. The van der Waals surface area contributed by atoms with E-state index in [-0.39, 0.29) is 5.69 Å². The van der Waals surface area contributed by atoms with E-state index in [0.717, 1.165) is 17.6 Å². The van der Waals surface area contributed by atoms with Gasteiger partial charge >= 0.3 is 0 Å². The lowest BCUT2D eigenvalue weighted by Gasteiger charge is -2.06. The third kappa shape index (κ3) is 2.47. The first-order chi connectivity index (χ1) is 10.0. The largest absolute Gasteiger partial charge is 0.334 e. The summed E-state index contributed by atoms with van der Waals surface area (Å²) in [6.07, 6.45) is 1.64. The molecule has 106 valence electrons. The van der Waals surface area contributed by atoms with Crippen molar-refractivity contribution in [2.24, 2.45) is 7.05 Å². The minimum absolute atomic E-state index is 0.0671. The van der Waals surface area contributed by atoms with Gasteiger partial charge in [0.1, 0.15) is 11.6 Å². The molecule has 0 aliphatic rings. The molecule has 0 bridgehead atoms. The van der Waals surface area contributed by atoms with Crippen LogP contribution in [0.5, 0.6) is 0 Å². The van der Waals surface area contributed by atoms with Gasteiger partial charge in [-0.15, -0.1) is 0 Å². The van der Waals surface area contributed by atoms with Gasteiger partial charge in [0.25, 0.3) is 5.91 Å². The number of nitrogens with one attached hydrogen (secondary N) is 1. The zero-order chi connectivity index (χ0) is 15.0. The van der Waals surface area contributed by atoms with Gasteiger partial charge < -0.3 is 9.88 Å². The fraction of sp³-hybridized carbons (Fsp3) is 0.0667. The highest BCUT2D eigenvalue weighted by molar-refractivity contribution is 6.06. The third-order valence-electron chi connectivity index (χ3n) is 3.17. The van der Waals surface area contributed by atoms with Crippen LogP contribution in [-0.4, -0.2) is 15.5 Å². The maximum absolute atomic E-state index is 13.5. The summed E-state index contributed by atoms with van der Waals surface area (Å²) < 4.78 is 28.2. The lowest BCUT2D eigenvalue weighted by atomic mass is 10.2. The summed E-state index contributed by atoms with van der Waals surface area (Å²) in [4.78, 5) is 16.3. The number of nitrogens with zero attached hydrogens (tertiary/aromatic N) is 2. The Balaban J connectivity index is 1.89. The van der Waals surface area contributed by atoms with Crippen molar-refractivity contribution in [3.63, 3.8) is 0 Å². The van der Waals surface area contributed by atoms with E-state index in [1.807, 2.05) is 11.6 Å². The van der Waals surface area contributed by atoms with E-state index in [4.69, 9.17) is 0 Å². The molecule has 1 heterocycles. The molecular weight excluding hydrogens is 276 g/mol. The summed E-state index contributed by atoms with van der Waals surface area (Å²) in [5.41, 5.74) is 1.84. The van der Waals surface area contributed by atoms with Crippen LogP contribution in [0.4, 0.5) is 14.5 Å². The van der Waals surface area contributed by atoms with Crippen molar-refractivity contribution in [2.45, 2.75) is 0 Å². The third-order valence-corrected chi connectivity index (χ3v) is 3.17. The number of hydrogen-bond acceptors (Lipinski definition) is 2. The molecule has 0 unspecified atom stereocenters. The summed E-state index contributed by atoms with van der Waals surface area (Å²) in [5, 5.41) is 2.41. The first kappa shape index (κ1) is 13.2. The molecule has 4 nitrogen and oxygen atoms in total. The van der Waals surface area contributed by atoms with E-state index >= 15 is 0 Å². The summed E-state index contributed by atoms with van der Waals surface area (Å²) in [6, 6.07) is 7.99. The van der Waals surface area contributed by atoms with Gasteiger partial charge in [-0.25, -0.2) is 13.8 Å². The molecule has 0 aliphatic carbocycles. The SMILES string of the molecule is Cn1cnc2cc(C(=O)Nc3ccc(F)cc3F)ccc21. The molecule has 2 aromatic carbocycles. The molecule has 0 saturated heterocycles. The first-order valence-corrected chi connectivity index (χ1v) is 6.22. The number of halogens is 2. The van der Waals surface area contributed by atoms with Gasteiger partial charge in [-0.3, -0.25) is 4.79 Å². The Morgan fingerprint density at radius 3 is 2.76 bits per heavy atom. The summed E-state index contributed by atoms with van der Waals surface area (Å²) in [6.45, 7) is 0. The number of hydrogen-bond donors (Lipinski definition) is 1. The maximum atomic E-state index is 13.5. The highest BCUT2D eigenvalue weighted by Crippen LogP contribution is 2.18. The highest BCUT2D eigenvalue weighted by Gasteiger charge is 2.11. The molecule has 0 radical (unpaired) electrons. The van der Waals surface area contributed by atoms with Crippen molar-refractivity contribution in [2.75, 3.05) is 5.32 Å². The second-order valence-corrected chi connectivity index (χ2v) is 4.64. The summed E-state index contributed by atoms with van der Waals surface area (Å²) >= 11 is 0. The molecule has 3 aromatic rings. The number of carbonyl (C=O) groups excluding carboxylic acids is 1. The fourth-order valence-corrected chi connectivity index (χ4v) is 2.06. The van der Waals surface area contributed by atoms with Gasteiger partial charge in [-0.05, 0) is 30.3 Å². The molecule has 0 fully saturated rings. The Kier molecular flexibility index (Phi) is 3.13. The van der Waals surface area contributed by atoms with E-state index in [0.29, 0.717) is 11.1 Å². The molecule has 21 heavy (non-hydrogen) atoms. The molecule has 0 saturated carbocycles. The van der Waals surface area contributed by atoms with Crippen LogP contribution in [0.1, 0.15) is 10.4 Å². The van der Waals surface area contributed by atoms with Crippen LogP contribution in [0.2, 0.25) is 0 Å². The van der Waals surface area contributed by atoms with Crippen molar-refractivity contribution in [1.29, 1.82) is 0 Å². The Hall–Kier alpha value is -2.76. The van der Waals surface area contributed by atoms with E-state index in [1.54, 1.807) is 24.5 Å². The Morgan fingerprint density at radius 1 is 1.19 bits per heavy atom. The van der Waals surface area contributed by atoms with Crippen molar-refractivity contribution >= 4 is 22.6 Å². The van der Waals surface area contributed by atoms with E-state index in [2.05, 4.69) is 10.3 Å². The number of rotatable bonds is 2. The molecule has 0 atom stereocenters. The molecule has 0 aliphatic heterocycles. The average Bonchev–Trinajstić information content (AvgIpc) is 2.83. The molecule has 1 N–H and O–H groups in total. The summed E-state index contributed by atoms with van der Waals surface area (Å²) in [5.74, 6) is -1.99. The van der Waals surface area contributed by atoms with Crippen LogP contribution < -0.4 is 5.32 Å². The Labute approximate surface area is 119 Å². The monoisotopic (exact) mass is 287 g/mol. The zero-order valence-electron chi connectivity index (χ0n) is 11.1. The van der Waals surface area contributed by atoms with Crippen LogP contribution in [0.3, 0.4) is 0 Å². The van der Waals surface area contributed by atoms with Gasteiger partial charge in [0.05, 0.1) is 23.0 Å². The topological polar surface area (TPSA) is 46.9 Å². The number of aryl methyl sites for hydroxylation is 1. The van der Waals surface area contributed by atoms with Gasteiger partial charge in [-0.2, -0.15) is 0 Å². The normalized spacial score (nSPS) is 10.8. The van der Waals surface area contributed by atoms with Crippen LogP contribution in [0, 0.1) is 11.6 Å². The van der Waals surface area contributed by atoms with Crippen molar-refractivity contribution in [1.82, 2.24) is 9.55 Å². The fourth-order valence-electron chi connectivity index (χ4n) is 2.06. The number of benzene rings is 2. The van der Waals surface area contributed by atoms with Gasteiger partial charge in [0, 0.05) is 18.7 Å². The van der Waals surface area contributed by atoms with Crippen molar-refractivity contribution in [3.8, 4) is 0 Å². The zero-order valence-corrected chi connectivity index (χ0v) is 11.1. The molecule has 1 amide bonds. The second-order valence-electron chi connectivity index (χ2n) is 4.64. The summed E-state index contributed by atoms with van der Waals surface area (Å²) in [7, 11) is 1.85. The number of anilines is 1. The van der Waals surface area contributed by atoms with Gasteiger partial charge in [0.15, 0.2) is 0 Å². The molecule has 1 aromatic heterocycles. The minimum Gasteiger partial charge on any atom is -0.334 e. The van der Waals surface area contributed by atoms with Crippen molar-refractivity contribution < 1.29 is 13.6 Å². The van der Waals surface area contributed by atoms with Gasteiger partial charge in [-0.1, -0.05) is 0 Å². The molecule has 6 heteroatoms. The standard InChI is InChI=1S/C15H11F2N3O/c1-20-8-18-13-6-9(2-5-14(13)20)15(21)19-12-4-3-10(16)7-11(12)17/h2-8H,1H3,(H,19,21). The number of carbonyl (C=O) groups is 1. The average molecular weight is 287 g/mol. The highest BCUT2D eigenvalue weighted by atomic mass is 19.1. The number of fused-ring (bicyclic) bond motifs is 1. The smallest absolute Gasteiger partial charge is 0.255 e. The van der Waals surface area contributed by atoms with E-state index in [9.17, 15) is 13.6 Å². The van der Waals surface area contributed by atoms with E-state index < -0.39 is 17.5 Å². The number of aromatic nitrogens is 2. The van der Waals surface area contributed by atoms with Crippen LogP contribution in [-0.2, 0) is 7.05 Å². The van der Waals surface area contributed by atoms with E-state index in [1.165, 1.54) is 6.07 Å².